The van der Waals surface area contributed by atoms with Crippen molar-refractivity contribution in [2.45, 2.75) is 157 Å². The summed E-state index contributed by atoms with van der Waals surface area (Å²) in [7, 11) is 0. The molecular formula is C101H99BN4. The Labute approximate surface area is 648 Å². The fourth-order valence-electron chi connectivity index (χ4n) is 15.7. The topological polar surface area (TPSA) is 24.3 Å². The monoisotopic (exact) mass is 1390 g/mol. The molecule has 2 aromatic heterocycles. The van der Waals surface area contributed by atoms with Gasteiger partial charge >= 0.3 is 0 Å². The van der Waals surface area contributed by atoms with Crippen LogP contribution in [0.25, 0.3) is 94.3 Å². The molecule has 106 heavy (non-hydrogen) atoms. The van der Waals surface area contributed by atoms with Gasteiger partial charge in [-0.25, -0.2) is 0 Å². The van der Waals surface area contributed by atoms with E-state index in [0.717, 1.165) is 117 Å². The van der Waals surface area contributed by atoms with E-state index in [9.17, 15) is 16.4 Å². The molecule has 2 aliphatic rings. The van der Waals surface area contributed by atoms with E-state index in [2.05, 4.69) is 280 Å². The van der Waals surface area contributed by atoms with E-state index in [1.807, 2.05) is 48.5 Å². The molecule has 0 unspecified atom stereocenters. The van der Waals surface area contributed by atoms with E-state index >= 15 is 0 Å². The largest absolute Gasteiger partial charge is 0.310 e. The third kappa shape index (κ3) is 12.3. The van der Waals surface area contributed by atoms with Crippen molar-refractivity contribution >= 4 is 79.0 Å². The minimum atomic E-state index is -0.738. The van der Waals surface area contributed by atoms with E-state index in [0.29, 0.717) is 28.3 Å². The quantitative estimate of drug-likeness (QED) is 0.135. The molecule has 0 spiro atoms. The van der Waals surface area contributed by atoms with Crippen molar-refractivity contribution in [3.63, 3.8) is 0 Å². The fraction of sp³-hybridized carbons (Fsp3) is 0.238. The maximum absolute atomic E-state index is 10.3. The highest BCUT2D eigenvalue weighted by molar-refractivity contribution is 7.00. The fourth-order valence-corrected chi connectivity index (χ4v) is 15.7. The Balaban J connectivity index is 1.21. The first kappa shape index (κ1) is 55.7. The first-order chi connectivity index (χ1) is 55.8. The summed E-state index contributed by atoms with van der Waals surface area (Å²) in [6.45, 7) is 39.1. The highest BCUT2D eigenvalue weighted by atomic mass is 15.2. The van der Waals surface area contributed by atoms with Gasteiger partial charge in [-0.05, 0) is 166 Å². The maximum atomic E-state index is 10.3. The molecule has 0 fully saturated rings. The standard InChI is InChI=1S/C101H99BN4/c1-96(2,3)71-53-70(54-72(57-71)97(4,5)6)69-48-51-84-88(56-69)105(93-79(65-37-25-20-26-38-65)58-73(98(7,8)9)59-80(93)66-39-27-21-28-40-66)89-62-75(104-85-45-33-31-43-76(85)77-44-32-34-46-86(77)104)63-90-92(89)102(84)83-50-47-68(64-35-23-19-24-36-64)55-87(83)106(90)94-81(67-41-29-22-30-42-67)60-74(99(10,11)12)61-82(94)78-49-52-91(100(13,14)15)103-95(78)101(16,17)18/h19-63H,1-18H3/i19D,23D,24D,31D,32D,33D,34D,35D,36D,43D,44D,45D,46D. The van der Waals surface area contributed by atoms with Crippen LogP contribution in [0.3, 0.4) is 0 Å². The highest BCUT2D eigenvalue weighted by Crippen LogP contribution is 2.57. The number of hydrogen-bond acceptors (Lipinski definition) is 3. The zero-order valence-corrected chi connectivity index (χ0v) is 64.3. The zero-order valence-electron chi connectivity index (χ0n) is 77.3. The van der Waals surface area contributed by atoms with Crippen molar-refractivity contribution in [3.8, 4) is 72.4 Å². The molecule has 0 aliphatic carbocycles. The molecule has 0 radical (unpaired) electrons. The maximum Gasteiger partial charge on any atom is 0.252 e. The molecule has 5 heteroatoms. The number of pyridine rings is 1. The van der Waals surface area contributed by atoms with Gasteiger partial charge in [-0.3, -0.25) is 4.98 Å². The lowest BCUT2D eigenvalue weighted by Gasteiger charge is -2.46. The van der Waals surface area contributed by atoms with Gasteiger partial charge in [0, 0.05) is 77.9 Å². The Bertz CT molecular complexity index is 6390. The van der Waals surface area contributed by atoms with Crippen LogP contribution in [0.4, 0.5) is 34.1 Å². The molecule has 4 nitrogen and oxygen atoms in total. The molecule has 4 heterocycles. The highest BCUT2D eigenvalue weighted by Gasteiger charge is 2.47. The minimum Gasteiger partial charge on any atom is -0.310 e. The summed E-state index contributed by atoms with van der Waals surface area (Å²) >= 11 is 0. The number of nitrogens with zero attached hydrogens (tertiary/aromatic N) is 4. The van der Waals surface area contributed by atoms with Gasteiger partial charge < -0.3 is 14.4 Å². The lowest BCUT2D eigenvalue weighted by atomic mass is 9.33. The van der Waals surface area contributed by atoms with E-state index in [-0.39, 0.29) is 61.4 Å². The van der Waals surface area contributed by atoms with Crippen LogP contribution in [0, 0.1) is 0 Å². The van der Waals surface area contributed by atoms with Crippen LogP contribution >= 0.6 is 0 Å². The molecule has 0 atom stereocenters. The van der Waals surface area contributed by atoms with Crippen molar-refractivity contribution in [2.24, 2.45) is 0 Å². The van der Waals surface area contributed by atoms with E-state index in [4.69, 9.17) is 6.35 Å². The van der Waals surface area contributed by atoms with Crippen molar-refractivity contribution in [2.75, 3.05) is 9.80 Å². The van der Waals surface area contributed by atoms with Crippen molar-refractivity contribution in [3.05, 3.63) is 306 Å². The normalized spacial score (nSPS) is 15.0. The van der Waals surface area contributed by atoms with Gasteiger partial charge in [0.15, 0.2) is 0 Å². The third-order valence-corrected chi connectivity index (χ3v) is 21.5. The molecule has 0 N–H and O–H groups in total. The first-order valence-corrected chi connectivity index (χ1v) is 37.1. The molecule has 12 aromatic carbocycles. The lowest BCUT2D eigenvalue weighted by Crippen LogP contribution is -2.61. The van der Waals surface area contributed by atoms with Crippen LogP contribution in [-0.4, -0.2) is 16.3 Å². The van der Waals surface area contributed by atoms with Gasteiger partial charge in [0.2, 0.25) is 0 Å². The Morgan fingerprint density at radius 3 is 1.12 bits per heavy atom. The zero-order chi connectivity index (χ0) is 85.6. The van der Waals surface area contributed by atoms with Crippen LogP contribution in [0.1, 0.15) is 176 Å². The molecule has 16 rings (SSSR count). The number of fused-ring (bicyclic) bond motifs is 7. The molecule has 0 bridgehead atoms. The van der Waals surface area contributed by atoms with Gasteiger partial charge in [0.05, 0.1) is 51.6 Å². The Morgan fingerprint density at radius 1 is 0.302 bits per heavy atom. The molecule has 0 amide bonds. The number of para-hydroxylation sites is 2. The molecular weight excluding hydrogens is 1280 g/mol. The van der Waals surface area contributed by atoms with Gasteiger partial charge in [-0.1, -0.05) is 331 Å². The second-order valence-corrected chi connectivity index (χ2v) is 35.2. The van der Waals surface area contributed by atoms with Gasteiger partial charge in [-0.15, -0.1) is 0 Å². The van der Waals surface area contributed by atoms with E-state index in [1.165, 1.54) is 0 Å². The third-order valence-electron chi connectivity index (χ3n) is 21.5. The second-order valence-electron chi connectivity index (χ2n) is 35.2. The second kappa shape index (κ2) is 25.5. The van der Waals surface area contributed by atoms with Gasteiger partial charge in [0.25, 0.3) is 6.71 Å². The SMILES string of the molecule is [2H]c1c([2H])c([2H])c(-c2ccc3c(c2)N(c2c(-c4ccccc4)cc(C(C)(C)C)cc2-c2ccc(C(C)(C)C)nc2C(C)(C)C)c2cc(-n4c5c([2H])c([2H])c([2H])c([2H])c5c5c([2H])c([2H])c([2H])c([2H])c54)cc4c2B3c2ccc(-c3cc(C(C)(C)C)cc(C(C)(C)C)c3)cc2N4c2c(-c3ccccc3)cc(C(C)(C)C)cc2-c2ccccc2)c([2H])c1[2H]. The average molecular weight is 1390 g/mol. The molecule has 526 valence electrons. The van der Waals surface area contributed by atoms with E-state index in [1.54, 1.807) is 4.57 Å². The average Bonchev–Trinajstić information content (AvgIpc) is 1.64. The minimum absolute atomic E-state index is 0.0105. The predicted octanol–water partition coefficient (Wildman–Crippen LogP) is 26.0. The summed E-state index contributed by atoms with van der Waals surface area (Å²) in [4.78, 5) is 10.4. The predicted molar refractivity (Wildman–Crippen MR) is 457 cm³/mol. The first-order valence-electron chi connectivity index (χ1n) is 43.6. The van der Waals surface area contributed by atoms with Crippen molar-refractivity contribution in [1.29, 1.82) is 0 Å². The molecule has 0 saturated heterocycles. The Morgan fingerprint density at radius 2 is 0.698 bits per heavy atom. The van der Waals surface area contributed by atoms with E-state index < -0.39 is 89.4 Å². The Kier molecular flexibility index (Phi) is 13.4. The summed E-state index contributed by atoms with van der Waals surface area (Å²) in [5.74, 6) is 0. The number of aromatic nitrogens is 2. The lowest BCUT2D eigenvalue weighted by molar-refractivity contribution is 0.532. The smallest absolute Gasteiger partial charge is 0.252 e. The molecule has 0 saturated carbocycles. The number of anilines is 6. The van der Waals surface area contributed by atoms with Gasteiger partial charge in [-0.2, -0.15) is 0 Å². The van der Waals surface area contributed by atoms with Gasteiger partial charge in [0.1, 0.15) is 0 Å². The Hall–Kier alpha value is -10.7. The van der Waals surface area contributed by atoms with Crippen molar-refractivity contribution < 1.29 is 17.8 Å². The van der Waals surface area contributed by atoms with Crippen LogP contribution < -0.4 is 26.2 Å². The summed E-state index contributed by atoms with van der Waals surface area (Å²) in [6, 6.07) is 61.9. The number of hydrogen-bond donors (Lipinski definition) is 0. The van der Waals surface area contributed by atoms with Crippen LogP contribution in [0.5, 0.6) is 0 Å². The molecule has 14 aromatic rings. The van der Waals surface area contributed by atoms with Crippen LogP contribution in [0.15, 0.2) is 273 Å². The summed E-state index contributed by atoms with van der Waals surface area (Å²) < 4.78 is 127. The van der Waals surface area contributed by atoms with Crippen LogP contribution in [0.2, 0.25) is 0 Å². The number of rotatable bonds is 9. The van der Waals surface area contributed by atoms with Crippen molar-refractivity contribution in [1.82, 2.24) is 9.55 Å². The molecule has 2 aliphatic heterocycles. The van der Waals surface area contributed by atoms with Crippen LogP contribution in [-0.2, 0) is 32.5 Å². The summed E-state index contributed by atoms with van der Waals surface area (Å²) in [5.41, 5.74) is 19.3. The summed E-state index contributed by atoms with van der Waals surface area (Å²) in [6.07, 6.45) is 0. The number of benzene rings is 12. The summed E-state index contributed by atoms with van der Waals surface area (Å²) in [5, 5.41) is -0.177.